The molecule has 82 valence electrons. The van der Waals surface area contributed by atoms with E-state index >= 15 is 0 Å². The van der Waals surface area contributed by atoms with Gasteiger partial charge in [-0.3, -0.25) is 20.2 Å². The van der Waals surface area contributed by atoms with E-state index in [1.165, 1.54) is 13.0 Å². The molecule has 16 heavy (non-hydrogen) atoms. The summed E-state index contributed by atoms with van der Waals surface area (Å²) in [5.74, 6) is 2.31. The van der Waals surface area contributed by atoms with Crippen molar-refractivity contribution in [1.29, 1.82) is 0 Å². The molecular formula is C10H8N2O4. The van der Waals surface area contributed by atoms with E-state index in [4.69, 9.17) is 6.42 Å². The number of rotatable bonds is 3. The molecule has 6 heteroatoms. The first-order valence-corrected chi connectivity index (χ1v) is 4.33. The Morgan fingerprint density at radius 3 is 2.38 bits per heavy atom. The molecule has 0 radical (unpaired) electrons. The minimum absolute atomic E-state index is 0.133. The van der Waals surface area contributed by atoms with E-state index < -0.39 is 9.85 Å². The molecule has 1 aromatic rings. The number of hydrogen-bond acceptors (Lipinski definition) is 4. The van der Waals surface area contributed by atoms with Gasteiger partial charge in [0.05, 0.1) is 15.9 Å². The Morgan fingerprint density at radius 1 is 1.31 bits per heavy atom. The van der Waals surface area contributed by atoms with Gasteiger partial charge in [0, 0.05) is 18.1 Å². The highest BCUT2D eigenvalue weighted by molar-refractivity contribution is 5.53. The van der Waals surface area contributed by atoms with Gasteiger partial charge in [-0.1, -0.05) is 0 Å². The third-order valence-corrected chi connectivity index (χ3v) is 2.17. The standard InChI is InChI=1S/C10H8N2O4/c1-3-4-8-5-9(11(13)14)6-10(7(8)2)12(15)16/h1,5-6H,4H2,2H3. The van der Waals surface area contributed by atoms with Crippen molar-refractivity contribution in [3.05, 3.63) is 43.5 Å². The Bertz CT molecular complexity index is 502. The van der Waals surface area contributed by atoms with Gasteiger partial charge in [0.1, 0.15) is 0 Å². The molecule has 6 nitrogen and oxygen atoms in total. The van der Waals surface area contributed by atoms with Crippen molar-refractivity contribution in [2.24, 2.45) is 0 Å². The second-order valence-corrected chi connectivity index (χ2v) is 3.14. The van der Waals surface area contributed by atoms with Crippen molar-refractivity contribution >= 4 is 11.4 Å². The van der Waals surface area contributed by atoms with Crippen LogP contribution in [-0.2, 0) is 6.42 Å². The molecule has 0 aliphatic rings. The first-order chi connectivity index (χ1) is 7.47. The average molecular weight is 220 g/mol. The van der Waals surface area contributed by atoms with Gasteiger partial charge in [0.15, 0.2) is 0 Å². The third-order valence-electron chi connectivity index (χ3n) is 2.17. The second kappa shape index (κ2) is 4.40. The van der Waals surface area contributed by atoms with Crippen molar-refractivity contribution in [2.75, 3.05) is 0 Å². The molecule has 0 aromatic heterocycles. The third kappa shape index (κ3) is 2.15. The number of hydrogen-bond donors (Lipinski definition) is 0. The van der Waals surface area contributed by atoms with Gasteiger partial charge in [-0.2, -0.15) is 0 Å². The molecule has 0 heterocycles. The van der Waals surface area contributed by atoms with E-state index in [1.54, 1.807) is 0 Å². The Labute approximate surface area is 91.2 Å². The summed E-state index contributed by atoms with van der Waals surface area (Å²) in [7, 11) is 0. The number of terminal acetylenes is 1. The topological polar surface area (TPSA) is 86.3 Å². The van der Waals surface area contributed by atoms with Crippen molar-refractivity contribution in [3.63, 3.8) is 0 Å². The molecule has 1 aromatic carbocycles. The lowest BCUT2D eigenvalue weighted by molar-refractivity contribution is -0.394. The van der Waals surface area contributed by atoms with Crippen LogP contribution < -0.4 is 0 Å². The maximum absolute atomic E-state index is 10.7. The smallest absolute Gasteiger partial charge is 0.258 e. The number of nitrogens with zero attached hydrogens (tertiary/aromatic N) is 2. The summed E-state index contributed by atoms with van der Waals surface area (Å²) >= 11 is 0. The fourth-order valence-electron chi connectivity index (χ4n) is 1.33. The van der Waals surface area contributed by atoms with Crippen LogP contribution in [0.5, 0.6) is 0 Å². The maximum Gasteiger partial charge on any atom is 0.279 e. The van der Waals surface area contributed by atoms with Crippen LogP contribution in [-0.4, -0.2) is 9.85 Å². The van der Waals surface area contributed by atoms with E-state index in [0.29, 0.717) is 11.1 Å². The van der Waals surface area contributed by atoms with Crippen LogP contribution in [0.2, 0.25) is 0 Å². The Kier molecular flexibility index (Phi) is 3.20. The van der Waals surface area contributed by atoms with Gasteiger partial charge in [-0.15, -0.1) is 12.3 Å². The fourth-order valence-corrected chi connectivity index (χ4v) is 1.33. The predicted octanol–water partition coefficient (Wildman–Crippen LogP) is 1.99. The van der Waals surface area contributed by atoms with Gasteiger partial charge in [-0.05, 0) is 12.5 Å². The first kappa shape index (κ1) is 11.7. The number of benzene rings is 1. The lowest BCUT2D eigenvalue weighted by Crippen LogP contribution is -1.99. The highest BCUT2D eigenvalue weighted by Crippen LogP contribution is 2.28. The van der Waals surface area contributed by atoms with E-state index in [2.05, 4.69) is 5.92 Å². The van der Waals surface area contributed by atoms with Gasteiger partial charge in [-0.25, -0.2) is 0 Å². The van der Waals surface area contributed by atoms with E-state index in [0.717, 1.165) is 6.07 Å². The Hall–Kier alpha value is -2.42. The zero-order valence-corrected chi connectivity index (χ0v) is 8.47. The molecule has 0 saturated heterocycles. The van der Waals surface area contributed by atoms with Crippen LogP contribution >= 0.6 is 0 Å². The van der Waals surface area contributed by atoms with E-state index in [-0.39, 0.29) is 17.8 Å². The van der Waals surface area contributed by atoms with Gasteiger partial charge in [0.25, 0.3) is 11.4 Å². The van der Waals surface area contributed by atoms with Crippen molar-refractivity contribution in [3.8, 4) is 12.3 Å². The molecule has 0 amide bonds. The van der Waals surface area contributed by atoms with Crippen LogP contribution in [0.15, 0.2) is 12.1 Å². The minimum Gasteiger partial charge on any atom is -0.258 e. The lowest BCUT2D eigenvalue weighted by atomic mass is 10.0. The summed E-state index contributed by atoms with van der Waals surface area (Å²) in [5, 5.41) is 21.3. The van der Waals surface area contributed by atoms with Crippen molar-refractivity contribution < 1.29 is 9.85 Å². The average Bonchev–Trinajstić information content (AvgIpc) is 2.20. The molecule has 0 saturated carbocycles. The summed E-state index contributed by atoms with van der Waals surface area (Å²) < 4.78 is 0. The maximum atomic E-state index is 10.7. The molecule has 0 N–H and O–H groups in total. The number of nitro groups is 2. The summed E-state index contributed by atoms with van der Waals surface area (Å²) in [5.41, 5.74) is 0.207. The molecular weight excluding hydrogens is 212 g/mol. The molecule has 0 spiro atoms. The molecule has 0 unspecified atom stereocenters. The van der Waals surface area contributed by atoms with Crippen LogP contribution in [0.25, 0.3) is 0 Å². The molecule has 0 atom stereocenters. The number of nitro benzene ring substituents is 2. The molecule has 0 fully saturated rings. The van der Waals surface area contributed by atoms with Gasteiger partial charge < -0.3 is 0 Å². The minimum atomic E-state index is -0.674. The predicted molar refractivity (Wildman–Crippen MR) is 57.0 cm³/mol. The summed E-state index contributed by atoms with van der Waals surface area (Å²) in [6.07, 6.45) is 5.23. The highest BCUT2D eigenvalue weighted by atomic mass is 16.6. The summed E-state index contributed by atoms with van der Waals surface area (Å²) in [6.45, 7) is 1.52. The second-order valence-electron chi connectivity index (χ2n) is 3.14. The monoisotopic (exact) mass is 220 g/mol. The SMILES string of the molecule is C#CCc1cc([N+](=O)[O-])cc([N+](=O)[O-])c1C. The van der Waals surface area contributed by atoms with Crippen LogP contribution in [0.4, 0.5) is 11.4 Å². The normalized spacial score (nSPS) is 9.50. The quantitative estimate of drug-likeness (QED) is 0.442. The van der Waals surface area contributed by atoms with Gasteiger partial charge in [0.2, 0.25) is 0 Å². The zero-order valence-electron chi connectivity index (χ0n) is 8.47. The summed E-state index contributed by atoms with van der Waals surface area (Å²) in [6, 6.07) is 2.21. The Balaban J connectivity index is 3.46. The lowest BCUT2D eigenvalue weighted by Gasteiger charge is -2.03. The van der Waals surface area contributed by atoms with Crippen LogP contribution in [0.1, 0.15) is 11.1 Å². The molecule has 0 bridgehead atoms. The van der Waals surface area contributed by atoms with E-state index in [1.807, 2.05) is 0 Å². The Morgan fingerprint density at radius 2 is 1.94 bits per heavy atom. The van der Waals surface area contributed by atoms with Gasteiger partial charge >= 0.3 is 0 Å². The van der Waals surface area contributed by atoms with E-state index in [9.17, 15) is 20.2 Å². The number of non-ortho nitro benzene ring substituents is 1. The molecule has 0 aliphatic carbocycles. The first-order valence-electron chi connectivity index (χ1n) is 4.33. The molecule has 1 rings (SSSR count). The van der Waals surface area contributed by atoms with Crippen molar-refractivity contribution in [1.82, 2.24) is 0 Å². The zero-order chi connectivity index (χ0) is 12.3. The highest BCUT2D eigenvalue weighted by Gasteiger charge is 2.20. The summed E-state index contributed by atoms with van der Waals surface area (Å²) in [4.78, 5) is 19.9. The fraction of sp³-hybridized carbons (Fsp3) is 0.200. The van der Waals surface area contributed by atoms with Crippen molar-refractivity contribution in [2.45, 2.75) is 13.3 Å². The van der Waals surface area contributed by atoms with Crippen LogP contribution in [0.3, 0.4) is 0 Å². The largest absolute Gasteiger partial charge is 0.279 e. The molecule has 0 aliphatic heterocycles. The van der Waals surface area contributed by atoms with Crippen LogP contribution in [0, 0.1) is 39.5 Å².